The number of nitrogens with one attached hydrogen (secondary N) is 1. The lowest BCUT2D eigenvalue weighted by Gasteiger charge is -2.08. The van der Waals surface area contributed by atoms with Crippen LogP contribution >= 0.6 is 11.3 Å². The first kappa shape index (κ1) is 17.1. The van der Waals surface area contributed by atoms with Crippen molar-refractivity contribution in [1.29, 1.82) is 0 Å². The second-order valence-electron chi connectivity index (χ2n) is 5.15. The number of fused-ring (bicyclic) bond motifs is 1. The summed E-state index contributed by atoms with van der Waals surface area (Å²) in [7, 11) is -3.93. The summed E-state index contributed by atoms with van der Waals surface area (Å²) in [6.45, 7) is 2.33. The molecule has 0 amide bonds. The summed E-state index contributed by atoms with van der Waals surface area (Å²) in [6, 6.07) is 9.64. The summed E-state index contributed by atoms with van der Waals surface area (Å²) in [5.74, 6) is 0. The molecular weight excluding hydrogens is 366 g/mol. The molecule has 10 heteroatoms. The van der Waals surface area contributed by atoms with Gasteiger partial charge in [-0.1, -0.05) is 17.4 Å². The zero-order valence-corrected chi connectivity index (χ0v) is 14.6. The normalized spacial score (nSPS) is 11.6. The van der Waals surface area contributed by atoms with Gasteiger partial charge >= 0.3 is 4.87 Å². The minimum absolute atomic E-state index is 0.0176. The van der Waals surface area contributed by atoms with E-state index >= 15 is 0 Å². The van der Waals surface area contributed by atoms with E-state index in [1.165, 1.54) is 30.3 Å². The smallest absolute Gasteiger partial charge is 0.299 e. The van der Waals surface area contributed by atoms with Crippen molar-refractivity contribution in [1.82, 2.24) is 4.57 Å². The number of anilines is 1. The van der Waals surface area contributed by atoms with Crippen LogP contribution in [0.4, 0.5) is 11.4 Å². The van der Waals surface area contributed by atoms with Gasteiger partial charge in [0, 0.05) is 18.7 Å². The maximum Gasteiger partial charge on any atom is 0.308 e. The van der Waals surface area contributed by atoms with Gasteiger partial charge in [-0.25, -0.2) is 8.42 Å². The Morgan fingerprint density at radius 3 is 2.68 bits per heavy atom. The number of nitro groups is 1. The van der Waals surface area contributed by atoms with Gasteiger partial charge in [0.1, 0.15) is 0 Å². The maximum atomic E-state index is 12.5. The highest BCUT2D eigenvalue weighted by Gasteiger charge is 2.18. The quantitative estimate of drug-likeness (QED) is 0.541. The summed E-state index contributed by atoms with van der Waals surface area (Å²) in [6.07, 6.45) is 0. The van der Waals surface area contributed by atoms with Crippen LogP contribution in [-0.2, 0) is 16.6 Å². The van der Waals surface area contributed by atoms with E-state index in [0.717, 1.165) is 17.4 Å². The van der Waals surface area contributed by atoms with Gasteiger partial charge in [0.05, 0.1) is 25.7 Å². The van der Waals surface area contributed by atoms with E-state index in [1.54, 1.807) is 10.6 Å². The predicted molar refractivity (Wildman–Crippen MR) is 95.7 cm³/mol. The molecule has 3 rings (SSSR count). The Kier molecular flexibility index (Phi) is 4.31. The van der Waals surface area contributed by atoms with E-state index in [9.17, 15) is 23.3 Å². The van der Waals surface area contributed by atoms with E-state index in [1.807, 2.05) is 6.92 Å². The molecule has 1 aromatic heterocycles. The number of benzene rings is 2. The van der Waals surface area contributed by atoms with Gasteiger partial charge in [-0.3, -0.25) is 24.2 Å². The Morgan fingerprint density at radius 1 is 1.24 bits per heavy atom. The van der Waals surface area contributed by atoms with Crippen molar-refractivity contribution in [3.8, 4) is 0 Å². The molecule has 0 saturated carbocycles. The highest BCUT2D eigenvalue weighted by Crippen LogP contribution is 2.24. The summed E-state index contributed by atoms with van der Waals surface area (Å²) >= 11 is 0.972. The number of hydrogen-bond acceptors (Lipinski definition) is 6. The molecule has 130 valence electrons. The second-order valence-corrected chi connectivity index (χ2v) is 7.83. The SMILES string of the molecule is CCn1c(=O)sc2cc(S(=O)(=O)Nc3cccc([N+](=O)[O-])c3)ccc21. The molecule has 0 aliphatic heterocycles. The van der Waals surface area contributed by atoms with Gasteiger partial charge in [-0.15, -0.1) is 0 Å². The molecule has 0 fully saturated rings. The molecule has 25 heavy (non-hydrogen) atoms. The van der Waals surface area contributed by atoms with Gasteiger partial charge < -0.3 is 0 Å². The Hall–Kier alpha value is -2.72. The molecule has 1 heterocycles. The number of hydrogen-bond donors (Lipinski definition) is 1. The zero-order valence-electron chi connectivity index (χ0n) is 13.0. The van der Waals surface area contributed by atoms with Gasteiger partial charge in [0.15, 0.2) is 0 Å². The lowest BCUT2D eigenvalue weighted by molar-refractivity contribution is -0.384. The van der Waals surface area contributed by atoms with Crippen LogP contribution in [0.3, 0.4) is 0 Å². The molecule has 0 aliphatic carbocycles. The van der Waals surface area contributed by atoms with E-state index in [4.69, 9.17) is 0 Å². The van der Waals surface area contributed by atoms with Gasteiger partial charge in [0.2, 0.25) is 0 Å². The monoisotopic (exact) mass is 379 g/mol. The predicted octanol–water partition coefficient (Wildman–Crippen LogP) is 2.79. The number of sulfonamides is 1. The fraction of sp³-hybridized carbons (Fsp3) is 0.133. The zero-order chi connectivity index (χ0) is 18.2. The molecule has 1 N–H and O–H groups in total. The second kappa shape index (κ2) is 6.30. The van der Waals surface area contributed by atoms with Crippen molar-refractivity contribution in [3.05, 3.63) is 62.2 Å². The van der Waals surface area contributed by atoms with Crippen molar-refractivity contribution in [2.75, 3.05) is 4.72 Å². The first-order chi connectivity index (χ1) is 11.8. The van der Waals surface area contributed by atoms with Crippen molar-refractivity contribution in [2.45, 2.75) is 18.4 Å². The van der Waals surface area contributed by atoms with Crippen molar-refractivity contribution in [2.24, 2.45) is 0 Å². The third-order valence-corrected chi connectivity index (χ3v) is 5.90. The number of aromatic nitrogens is 1. The van der Waals surface area contributed by atoms with Crippen molar-refractivity contribution in [3.63, 3.8) is 0 Å². The molecule has 0 aliphatic rings. The van der Waals surface area contributed by atoms with E-state index < -0.39 is 14.9 Å². The fourth-order valence-electron chi connectivity index (χ4n) is 2.41. The summed E-state index contributed by atoms with van der Waals surface area (Å²) in [5.41, 5.74) is 0.550. The standard InChI is InChI=1S/C15H13N3O5S2/c1-2-17-13-7-6-12(9-14(13)24-15(17)19)25(22,23)16-10-4-3-5-11(8-10)18(20)21/h3-9,16H,2H2,1H3. The molecule has 0 atom stereocenters. The lowest BCUT2D eigenvalue weighted by Crippen LogP contribution is -2.13. The van der Waals surface area contributed by atoms with Gasteiger partial charge in [-0.05, 0) is 31.2 Å². The van der Waals surface area contributed by atoms with Crippen LogP contribution in [0.5, 0.6) is 0 Å². The van der Waals surface area contributed by atoms with Crippen molar-refractivity contribution >= 4 is 43.0 Å². The molecule has 2 aromatic carbocycles. The first-order valence-electron chi connectivity index (χ1n) is 7.22. The summed E-state index contributed by atoms with van der Waals surface area (Å²) in [4.78, 5) is 21.9. The molecule has 3 aromatic rings. The number of nitrogens with zero attached hydrogens (tertiary/aromatic N) is 2. The Bertz CT molecular complexity index is 1130. The Balaban J connectivity index is 2.00. The number of thiazole rings is 1. The third-order valence-electron chi connectivity index (χ3n) is 3.58. The first-order valence-corrected chi connectivity index (χ1v) is 9.52. The molecule has 0 saturated heterocycles. The highest BCUT2D eigenvalue weighted by molar-refractivity contribution is 7.92. The highest BCUT2D eigenvalue weighted by atomic mass is 32.2. The average Bonchev–Trinajstić information content (AvgIpc) is 2.88. The average molecular weight is 379 g/mol. The minimum atomic E-state index is -3.93. The molecule has 0 unspecified atom stereocenters. The topological polar surface area (TPSA) is 111 Å². The fourth-order valence-corrected chi connectivity index (χ4v) is 4.55. The molecule has 0 spiro atoms. The van der Waals surface area contributed by atoms with Crippen LogP contribution < -0.4 is 9.60 Å². The number of aryl methyl sites for hydroxylation is 1. The molecule has 0 radical (unpaired) electrons. The molecule has 0 bridgehead atoms. The van der Waals surface area contributed by atoms with Crippen LogP contribution in [0.1, 0.15) is 6.92 Å². The Morgan fingerprint density at radius 2 is 2.00 bits per heavy atom. The minimum Gasteiger partial charge on any atom is -0.299 e. The summed E-state index contributed by atoms with van der Waals surface area (Å²) < 4.78 is 29.5. The number of rotatable bonds is 5. The maximum absolute atomic E-state index is 12.5. The van der Waals surface area contributed by atoms with Crippen molar-refractivity contribution < 1.29 is 13.3 Å². The molecular formula is C15H13N3O5S2. The van der Waals surface area contributed by atoms with Gasteiger partial charge in [0.25, 0.3) is 15.7 Å². The number of non-ortho nitro benzene ring substituents is 1. The van der Waals surface area contributed by atoms with Crippen LogP contribution in [0.25, 0.3) is 10.2 Å². The Labute approximate surface area is 146 Å². The van der Waals surface area contributed by atoms with Gasteiger partial charge in [-0.2, -0.15) is 0 Å². The lowest BCUT2D eigenvalue weighted by atomic mass is 10.3. The third kappa shape index (κ3) is 3.26. The molecule has 8 nitrogen and oxygen atoms in total. The van der Waals surface area contributed by atoms with Crippen LogP contribution in [0.15, 0.2) is 52.2 Å². The number of nitro benzene ring substituents is 1. The van der Waals surface area contributed by atoms with E-state index in [2.05, 4.69) is 4.72 Å². The van der Waals surface area contributed by atoms with Crippen LogP contribution in [0.2, 0.25) is 0 Å². The van der Waals surface area contributed by atoms with Crippen LogP contribution in [-0.4, -0.2) is 17.9 Å². The van der Waals surface area contributed by atoms with E-state index in [-0.39, 0.29) is 21.1 Å². The summed E-state index contributed by atoms with van der Waals surface area (Å²) in [5, 5.41) is 10.8. The van der Waals surface area contributed by atoms with Crippen LogP contribution in [0, 0.1) is 10.1 Å². The largest absolute Gasteiger partial charge is 0.308 e. The van der Waals surface area contributed by atoms with E-state index in [0.29, 0.717) is 16.8 Å².